The van der Waals surface area contributed by atoms with Gasteiger partial charge in [-0.25, -0.2) is 0 Å². The molecule has 0 amide bonds. The van der Waals surface area contributed by atoms with Gasteiger partial charge in [0, 0.05) is 50.9 Å². The maximum absolute atomic E-state index is 10.8. The number of non-ortho nitro benzene ring substituents is 1. The second-order valence-electron chi connectivity index (χ2n) is 7.59. The Morgan fingerprint density at radius 1 is 1.17 bits per heavy atom. The normalized spacial score (nSPS) is 19.8. The van der Waals surface area contributed by atoms with E-state index in [-0.39, 0.29) is 40.1 Å². The van der Waals surface area contributed by atoms with Crippen molar-refractivity contribution in [1.29, 1.82) is 0 Å². The molecule has 1 saturated heterocycles. The predicted octanol–water partition coefficient (Wildman–Crippen LogP) is 2.91. The maximum atomic E-state index is 10.8. The van der Waals surface area contributed by atoms with Gasteiger partial charge in [0.25, 0.3) is 5.69 Å². The van der Waals surface area contributed by atoms with Crippen molar-refractivity contribution in [3.8, 4) is 0 Å². The molecule has 2 fully saturated rings. The van der Waals surface area contributed by atoms with Crippen LogP contribution in [0.15, 0.2) is 29.3 Å². The molecular weight excluding hydrogens is 485 g/mol. The first kappa shape index (κ1) is 23.8. The number of rotatable bonds is 6. The molecule has 1 heterocycles. The van der Waals surface area contributed by atoms with Crippen LogP contribution in [0.1, 0.15) is 37.7 Å². The van der Waals surface area contributed by atoms with Crippen LogP contribution in [0.25, 0.3) is 0 Å². The van der Waals surface area contributed by atoms with Gasteiger partial charge in [-0.2, -0.15) is 0 Å². The van der Waals surface area contributed by atoms with Crippen LogP contribution in [-0.4, -0.2) is 61.2 Å². The van der Waals surface area contributed by atoms with Gasteiger partial charge in [0.2, 0.25) is 0 Å². The molecular formula is C20H32IN5O3. The van der Waals surface area contributed by atoms with Crippen LogP contribution in [0, 0.1) is 10.1 Å². The molecule has 1 aliphatic heterocycles. The second-order valence-corrected chi connectivity index (χ2v) is 7.59. The Bertz CT molecular complexity index is 671. The zero-order valence-electron chi connectivity index (χ0n) is 17.1. The van der Waals surface area contributed by atoms with Crippen LogP contribution in [0.2, 0.25) is 0 Å². The SMILES string of the molecule is CN=C(NCc1ccc([N+](=O)[O-])cc1)NCC1(N2CCOCC2)CCCCC1.I. The Morgan fingerprint density at radius 2 is 1.83 bits per heavy atom. The minimum Gasteiger partial charge on any atom is -0.379 e. The van der Waals surface area contributed by atoms with Gasteiger partial charge in [-0.15, -0.1) is 24.0 Å². The summed E-state index contributed by atoms with van der Waals surface area (Å²) in [6, 6.07) is 6.61. The Hall–Kier alpha value is -1.46. The number of benzene rings is 1. The quantitative estimate of drug-likeness (QED) is 0.198. The predicted molar refractivity (Wildman–Crippen MR) is 125 cm³/mol. The first-order chi connectivity index (χ1) is 13.6. The summed E-state index contributed by atoms with van der Waals surface area (Å²) in [7, 11) is 1.77. The van der Waals surface area contributed by atoms with Crippen molar-refractivity contribution in [1.82, 2.24) is 15.5 Å². The van der Waals surface area contributed by atoms with Crippen LogP contribution in [-0.2, 0) is 11.3 Å². The number of nitrogens with zero attached hydrogens (tertiary/aromatic N) is 3. The lowest BCUT2D eigenvalue weighted by atomic mass is 9.80. The van der Waals surface area contributed by atoms with E-state index >= 15 is 0 Å². The summed E-state index contributed by atoms with van der Waals surface area (Å²) in [6.45, 7) is 5.06. The van der Waals surface area contributed by atoms with E-state index in [1.54, 1.807) is 19.2 Å². The van der Waals surface area contributed by atoms with E-state index in [2.05, 4.69) is 20.5 Å². The lowest BCUT2D eigenvalue weighted by molar-refractivity contribution is -0.384. The van der Waals surface area contributed by atoms with Crippen LogP contribution < -0.4 is 10.6 Å². The van der Waals surface area contributed by atoms with Crippen molar-refractivity contribution >= 4 is 35.6 Å². The third kappa shape index (κ3) is 6.51. The van der Waals surface area contributed by atoms with Crippen molar-refractivity contribution in [2.24, 2.45) is 4.99 Å². The van der Waals surface area contributed by atoms with Crippen LogP contribution in [0.3, 0.4) is 0 Å². The molecule has 162 valence electrons. The number of halogens is 1. The number of hydrogen-bond donors (Lipinski definition) is 2. The number of nitro groups is 1. The average molecular weight is 517 g/mol. The summed E-state index contributed by atoms with van der Waals surface area (Å²) in [5.74, 6) is 0.761. The Labute approximate surface area is 189 Å². The third-order valence-electron chi connectivity index (χ3n) is 5.88. The number of nitrogens with one attached hydrogen (secondary N) is 2. The highest BCUT2D eigenvalue weighted by Gasteiger charge is 2.38. The van der Waals surface area contributed by atoms with Crippen molar-refractivity contribution in [3.63, 3.8) is 0 Å². The first-order valence-electron chi connectivity index (χ1n) is 10.1. The third-order valence-corrected chi connectivity index (χ3v) is 5.88. The molecule has 0 spiro atoms. The molecule has 1 aromatic rings. The van der Waals surface area contributed by atoms with Crippen molar-refractivity contribution < 1.29 is 9.66 Å². The summed E-state index contributed by atoms with van der Waals surface area (Å²) in [4.78, 5) is 17.3. The molecule has 2 aliphatic rings. The van der Waals surface area contributed by atoms with Gasteiger partial charge in [-0.05, 0) is 18.4 Å². The number of morpholine rings is 1. The van der Waals surface area contributed by atoms with Crippen LogP contribution in [0.5, 0.6) is 0 Å². The monoisotopic (exact) mass is 517 g/mol. The van der Waals surface area contributed by atoms with Crippen molar-refractivity contribution in [3.05, 3.63) is 39.9 Å². The van der Waals surface area contributed by atoms with Crippen molar-refractivity contribution in [2.75, 3.05) is 39.9 Å². The average Bonchev–Trinajstić information content (AvgIpc) is 2.75. The summed E-state index contributed by atoms with van der Waals surface area (Å²) >= 11 is 0. The minimum absolute atomic E-state index is 0. The highest BCUT2D eigenvalue weighted by molar-refractivity contribution is 14.0. The van der Waals surface area contributed by atoms with Gasteiger partial charge < -0.3 is 15.4 Å². The zero-order valence-corrected chi connectivity index (χ0v) is 19.4. The van der Waals surface area contributed by atoms with Gasteiger partial charge >= 0.3 is 0 Å². The number of aliphatic imine (C=N–C) groups is 1. The fourth-order valence-corrected chi connectivity index (χ4v) is 4.24. The highest BCUT2D eigenvalue weighted by Crippen LogP contribution is 2.33. The fourth-order valence-electron chi connectivity index (χ4n) is 4.24. The molecule has 1 aromatic carbocycles. The zero-order chi connectivity index (χ0) is 19.8. The molecule has 0 radical (unpaired) electrons. The van der Waals surface area contributed by atoms with E-state index in [1.807, 2.05) is 0 Å². The fraction of sp³-hybridized carbons (Fsp3) is 0.650. The van der Waals surface area contributed by atoms with Gasteiger partial charge in [0.1, 0.15) is 0 Å². The van der Waals surface area contributed by atoms with E-state index in [0.717, 1.165) is 44.4 Å². The van der Waals surface area contributed by atoms with Gasteiger partial charge in [-0.1, -0.05) is 31.4 Å². The number of guanidine groups is 1. The molecule has 0 atom stereocenters. The summed E-state index contributed by atoms with van der Waals surface area (Å²) in [6.07, 6.45) is 6.28. The number of hydrogen-bond acceptors (Lipinski definition) is 5. The minimum atomic E-state index is -0.382. The van der Waals surface area contributed by atoms with Gasteiger partial charge in [0.15, 0.2) is 5.96 Å². The van der Waals surface area contributed by atoms with E-state index in [1.165, 1.54) is 44.2 Å². The summed E-state index contributed by atoms with van der Waals surface area (Å²) < 4.78 is 5.55. The molecule has 9 heteroatoms. The van der Waals surface area contributed by atoms with E-state index in [4.69, 9.17) is 4.74 Å². The largest absolute Gasteiger partial charge is 0.379 e. The Balaban J connectivity index is 0.00000300. The second kappa shape index (κ2) is 11.7. The number of nitro benzene ring substituents is 1. The first-order valence-corrected chi connectivity index (χ1v) is 10.1. The molecule has 3 rings (SSSR count). The van der Waals surface area contributed by atoms with Crippen molar-refractivity contribution in [2.45, 2.75) is 44.2 Å². The van der Waals surface area contributed by atoms with E-state index in [0.29, 0.717) is 6.54 Å². The van der Waals surface area contributed by atoms with E-state index < -0.39 is 0 Å². The molecule has 1 saturated carbocycles. The highest BCUT2D eigenvalue weighted by atomic mass is 127. The van der Waals surface area contributed by atoms with Crippen LogP contribution in [0.4, 0.5) is 5.69 Å². The molecule has 1 aliphatic carbocycles. The lowest BCUT2D eigenvalue weighted by Crippen LogP contribution is -2.60. The Kier molecular flexibility index (Phi) is 9.57. The maximum Gasteiger partial charge on any atom is 0.269 e. The smallest absolute Gasteiger partial charge is 0.269 e. The molecule has 0 unspecified atom stereocenters. The standard InChI is InChI=1S/C20H31N5O3.HI/c1-21-19(22-15-17-5-7-18(8-6-17)25(26)27)23-16-20(9-3-2-4-10-20)24-11-13-28-14-12-24;/h5-8H,2-4,9-16H2,1H3,(H2,21,22,23);1H. The van der Waals surface area contributed by atoms with E-state index in [9.17, 15) is 10.1 Å². The molecule has 8 nitrogen and oxygen atoms in total. The molecule has 29 heavy (non-hydrogen) atoms. The Morgan fingerprint density at radius 3 is 2.41 bits per heavy atom. The van der Waals surface area contributed by atoms with Gasteiger partial charge in [-0.3, -0.25) is 20.0 Å². The molecule has 0 aromatic heterocycles. The van der Waals surface area contributed by atoms with Crippen LogP contribution >= 0.6 is 24.0 Å². The van der Waals surface area contributed by atoms with Gasteiger partial charge in [0.05, 0.1) is 18.1 Å². The lowest BCUT2D eigenvalue weighted by Gasteiger charge is -2.48. The molecule has 2 N–H and O–H groups in total. The summed E-state index contributed by atoms with van der Waals surface area (Å²) in [5, 5.41) is 17.6. The molecule has 0 bridgehead atoms. The number of ether oxygens (including phenoxy) is 1. The topological polar surface area (TPSA) is 92.0 Å². The summed E-state index contributed by atoms with van der Waals surface area (Å²) in [5.41, 5.74) is 1.26.